The van der Waals surface area contributed by atoms with Crippen molar-refractivity contribution in [3.63, 3.8) is 0 Å². The Balaban J connectivity index is 2.38. The zero-order chi connectivity index (χ0) is 11.5. The number of ether oxygens (including phenoxy) is 1. The maximum absolute atomic E-state index is 11.6. The minimum absolute atomic E-state index is 0.127. The molecule has 1 heterocycles. The number of carbonyl (C=O) groups excluding carboxylic acids is 1. The Hall–Kier alpha value is -2.10. The molecule has 0 aliphatic carbocycles. The molecule has 4 nitrogen and oxygen atoms in total. The molecule has 0 atom stereocenters. The van der Waals surface area contributed by atoms with E-state index in [0.29, 0.717) is 11.1 Å². The van der Waals surface area contributed by atoms with Crippen LogP contribution in [0.1, 0.15) is 12.5 Å². The van der Waals surface area contributed by atoms with Gasteiger partial charge in [-0.25, -0.2) is 0 Å². The van der Waals surface area contributed by atoms with Crippen molar-refractivity contribution in [1.29, 1.82) is 0 Å². The summed E-state index contributed by atoms with van der Waals surface area (Å²) < 4.78 is 5.63. The van der Waals surface area contributed by atoms with Gasteiger partial charge in [-0.3, -0.25) is 4.79 Å². The van der Waals surface area contributed by atoms with Crippen molar-refractivity contribution in [1.82, 2.24) is 0 Å². The fraction of sp³-hybridized carbons (Fsp3) is 0.167. The van der Waals surface area contributed by atoms with Gasteiger partial charge in [-0.15, -0.1) is 0 Å². The number of benzene rings is 1. The quantitative estimate of drug-likeness (QED) is 0.435. The summed E-state index contributed by atoms with van der Waals surface area (Å²) in [4.78, 5) is 10.7. The first-order valence-electron chi connectivity index (χ1n) is 4.91. The van der Waals surface area contributed by atoms with E-state index >= 15 is 0 Å². The molecule has 0 aliphatic heterocycles. The molecule has 0 radical (unpaired) electrons. The van der Waals surface area contributed by atoms with E-state index < -0.39 is 0 Å². The van der Waals surface area contributed by atoms with E-state index in [1.807, 2.05) is 24.3 Å². The number of esters is 1. The van der Waals surface area contributed by atoms with Crippen molar-refractivity contribution in [3.8, 4) is 0 Å². The fourth-order valence-corrected chi connectivity index (χ4v) is 1.53. The second-order valence-corrected chi connectivity index (χ2v) is 3.51. The van der Waals surface area contributed by atoms with Gasteiger partial charge in [0.2, 0.25) is 5.52 Å². The Kier molecular flexibility index (Phi) is 2.72. The molecule has 1 aromatic carbocycles. The van der Waals surface area contributed by atoms with Gasteiger partial charge in [0.25, 0.3) is 0 Å². The molecule has 0 fully saturated rings. The number of fused-ring (bicyclic) bond motifs is 1. The third kappa shape index (κ3) is 2.11. The minimum atomic E-state index is -0.356. The van der Waals surface area contributed by atoms with E-state index in [0.717, 1.165) is 10.1 Å². The zero-order valence-electron chi connectivity index (χ0n) is 8.84. The van der Waals surface area contributed by atoms with Crippen molar-refractivity contribution < 1.29 is 14.3 Å². The second-order valence-electron chi connectivity index (χ2n) is 3.51. The Bertz CT molecular complexity index is 537. The summed E-state index contributed by atoms with van der Waals surface area (Å²) in [5.74, 6) is -0.356. The van der Waals surface area contributed by atoms with Crippen LogP contribution in [-0.2, 0) is 16.1 Å². The summed E-state index contributed by atoms with van der Waals surface area (Å²) in [6.45, 7) is 1.47. The average Bonchev–Trinajstić information content (AvgIpc) is 2.26. The maximum Gasteiger partial charge on any atom is 0.302 e. The Morgan fingerprint density at radius 1 is 1.44 bits per heavy atom. The number of para-hydroxylation sites is 1. The molecule has 16 heavy (non-hydrogen) atoms. The highest BCUT2D eigenvalue weighted by Crippen LogP contribution is 2.11. The first kappa shape index (κ1) is 10.4. The molecule has 1 aromatic heterocycles. The van der Waals surface area contributed by atoms with Crippen LogP contribution in [0.2, 0.25) is 0 Å². The smallest absolute Gasteiger partial charge is 0.302 e. The summed E-state index contributed by atoms with van der Waals surface area (Å²) >= 11 is 0. The Labute approximate surface area is 92.7 Å². The lowest BCUT2D eigenvalue weighted by atomic mass is 10.2. The lowest BCUT2D eigenvalue weighted by molar-refractivity contribution is -0.577. The van der Waals surface area contributed by atoms with Gasteiger partial charge in [-0.2, -0.15) is 4.73 Å². The number of rotatable bonds is 2. The highest BCUT2D eigenvalue weighted by Gasteiger charge is 2.06. The molecule has 0 saturated carbocycles. The maximum atomic E-state index is 11.6. The SMILES string of the molecule is CC(=O)OCc1cc2ccccc2[n+]([O-])c1. The van der Waals surface area contributed by atoms with Gasteiger partial charge in [0.05, 0.1) is 5.56 Å². The number of hydrogen-bond acceptors (Lipinski definition) is 3. The van der Waals surface area contributed by atoms with E-state index in [9.17, 15) is 10.0 Å². The van der Waals surface area contributed by atoms with Gasteiger partial charge in [-0.05, 0) is 12.1 Å². The predicted molar refractivity (Wildman–Crippen MR) is 58.4 cm³/mol. The summed E-state index contributed by atoms with van der Waals surface area (Å²) in [6, 6.07) is 9.10. The van der Waals surface area contributed by atoms with Crippen molar-refractivity contribution in [3.05, 3.63) is 47.3 Å². The number of carbonyl (C=O) groups is 1. The number of aromatic nitrogens is 1. The monoisotopic (exact) mass is 217 g/mol. The van der Waals surface area contributed by atoms with Crippen molar-refractivity contribution in [2.45, 2.75) is 13.5 Å². The van der Waals surface area contributed by atoms with Crippen LogP contribution in [0.25, 0.3) is 10.9 Å². The number of hydrogen-bond donors (Lipinski definition) is 0. The highest BCUT2D eigenvalue weighted by atomic mass is 16.5. The number of pyridine rings is 1. The zero-order valence-corrected chi connectivity index (χ0v) is 8.84. The topological polar surface area (TPSA) is 53.2 Å². The van der Waals surface area contributed by atoms with Crippen LogP contribution in [0.5, 0.6) is 0 Å². The van der Waals surface area contributed by atoms with Crippen molar-refractivity contribution in [2.75, 3.05) is 0 Å². The van der Waals surface area contributed by atoms with E-state index in [4.69, 9.17) is 4.74 Å². The van der Waals surface area contributed by atoms with Crippen LogP contribution in [0.3, 0.4) is 0 Å². The molecule has 0 N–H and O–H groups in total. The standard InChI is InChI=1S/C12H11NO3/c1-9(14)16-8-10-6-11-4-2-3-5-12(11)13(15)7-10/h2-7H,8H2,1H3. The highest BCUT2D eigenvalue weighted by molar-refractivity contribution is 5.76. The largest absolute Gasteiger partial charge is 0.618 e. The van der Waals surface area contributed by atoms with Gasteiger partial charge in [-0.1, -0.05) is 12.1 Å². The van der Waals surface area contributed by atoms with Crippen LogP contribution in [0.4, 0.5) is 0 Å². The molecular weight excluding hydrogens is 206 g/mol. The molecule has 0 aliphatic rings. The lowest BCUT2D eigenvalue weighted by Gasteiger charge is -2.05. The summed E-state index contributed by atoms with van der Waals surface area (Å²) in [6.07, 6.45) is 1.42. The molecule has 0 bridgehead atoms. The van der Waals surface area contributed by atoms with E-state index in [-0.39, 0.29) is 12.6 Å². The van der Waals surface area contributed by atoms with Gasteiger partial charge in [0, 0.05) is 18.4 Å². The molecule has 82 valence electrons. The normalized spacial score (nSPS) is 10.3. The van der Waals surface area contributed by atoms with Gasteiger partial charge >= 0.3 is 5.97 Å². The molecular formula is C12H11NO3. The molecule has 2 rings (SSSR count). The third-order valence-corrected chi connectivity index (χ3v) is 2.24. The number of nitrogens with zero attached hydrogens (tertiary/aromatic N) is 1. The van der Waals surface area contributed by atoms with Crippen LogP contribution in [0.15, 0.2) is 36.5 Å². The molecule has 2 aromatic rings. The lowest BCUT2D eigenvalue weighted by Crippen LogP contribution is -2.27. The second kappa shape index (κ2) is 4.18. The Morgan fingerprint density at radius 2 is 2.19 bits per heavy atom. The van der Waals surface area contributed by atoms with Crippen molar-refractivity contribution >= 4 is 16.9 Å². The summed E-state index contributed by atoms with van der Waals surface area (Å²) in [5.41, 5.74) is 1.29. The summed E-state index contributed by atoms with van der Waals surface area (Å²) in [7, 11) is 0. The molecule has 0 spiro atoms. The minimum Gasteiger partial charge on any atom is -0.618 e. The van der Waals surface area contributed by atoms with E-state index in [2.05, 4.69) is 0 Å². The van der Waals surface area contributed by atoms with Gasteiger partial charge < -0.3 is 9.94 Å². The molecule has 0 amide bonds. The molecule has 0 unspecified atom stereocenters. The van der Waals surface area contributed by atoms with Crippen LogP contribution < -0.4 is 4.73 Å². The van der Waals surface area contributed by atoms with Crippen LogP contribution in [0, 0.1) is 5.21 Å². The van der Waals surface area contributed by atoms with E-state index in [1.54, 1.807) is 6.07 Å². The first-order chi connectivity index (χ1) is 7.66. The van der Waals surface area contributed by atoms with Crippen LogP contribution >= 0.6 is 0 Å². The first-order valence-corrected chi connectivity index (χ1v) is 4.91. The van der Waals surface area contributed by atoms with Crippen LogP contribution in [-0.4, -0.2) is 5.97 Å². The van der Waals surface area contributed by atoms with Gasteiger partial charge in [0.1, 0.15) is 6.61 Å². The summed E-state index contributed by atoms with van der Waals surface area (Å²) in [5, 5.41) is 12.5. The third-order valence-electron chi connectivity index (χ3n) is 2.24. The van der Waals surface area contributed by atoms with Crippen molar-refractivity contribution in [2.24, 2.45) is 0 Å². The predicted octanol–water partition coefficient (Wildman–Crippen LogP) is 1.54. The molecule has 0 saturated heterocycles. The van der Waals surface area contributed by atoms with Gasteiger partial charge in [0.15, 0.2) is 6.20 Å². The molecule has 4 heteroatoms. The van der Waals surface area contributed by atoms with E-state index in [1.165, 1.54) is 13.1 Å². The average molecular weight is 217 g/mol. The Morgan fingerprint density at radius 3 is 2.94 bits per heavy atom. The fourth-order valence-electron chi connectivity index (χ4n) is 1.53.